The Morgan fingerprint density at radius 1 is 0.844 bits per heavy atom. The number of hydrogen-bond donors (Lipinski definition) is 1. The van der Waals surface area contributed by atoms with Gasteiger partial charge in [-0.3, -0.25) is 9.59 Å². The molecule has 3 rings (SSSR count). The van der Waals surface area contributed by atoms with Gasteiger partial charge in [0, 0.05) is 17.2 Å². The summed E-state index contributed by atoms with van der Waals surface area (Å²) in [5, 5.41) is 3.25. The van der Waals surface area contributed by atoms with Gasteiger partial charge in [-0.05, 0) is 60.7 Å². The van der Waals surface area contributed by atoms with Crippen LogP contribution in [0.1, 0.15) is 72.4 Å². The van der Waals surface area contributed by atoms with Crippen LogP contribution in [0.4, 0.5) is 0 Å². The van der Waals surface area contributed by atoms with Crippen LogP contribution in [0.2, 0.25) is 0 Å². The molecule has 0 aliphatic rings. The van der Waals surface area contributed by atoms with E-state index in [1.807, 2.05) is 68.4 Å². The molecule has 32 heavy (non-hydrogen) atoms. The molecule has 3 aromatic rings. The van der Waals surface area contributed by atoms with E-state index in [2.05, 4.69) is 33.1 Å². The first-order valence-electron chi connectivity index (χ1n) is 11.3. The lowest BCUT2D eigenvalue weighted by atomic mass is 9.84. The van der Waals surface area contributed by atoms with Crippen molar-refractivity contribution < 1.29 is 9.59 Å². The topological polar surface area (TPSA) is 49.4 Å². The second-order valence-corrected chi connectivity index (χ2v) is 9.72. The molecule has 0 spiro atoms. The van der Waals surface area contributed by atoms with Gasteiger partial charge in [0.15, 0.2) is 0 Å². The standard InChI is InChI=1S/C28H34N2O2/c1-7-10-25(28(4,5)6)29-30(27(32)24-16-19(2)15-20(3)17-24)26(31)23-14-13-21-11-8-9-12-22(21)18-23/h8-9,11-18,25,29H,7,10H2,1-6H3/t25-/m1/s1. The minimum absolute atomic E-state index is 0.0354. The maximum Gasteiger partial charge on any atom is 0.275 e. The molecule has 1 N–H and O–H groups in total. The molecule has 3 aromatic carbocycles. The van der Waals surface area contributed by atoms with Crippen molar-refractivity contribution in [3.05, 3.63) is 82.9 Å². The molecular weight excluding hydrogens is 396 g/mol. The third kappa shape index (κ3) is 5.43. The van der Waals surface area contributed by atoms with E-state index < -0.39 is 0 Å². The number of amides is 2. The number of imide groups is 1. The number of nitrogens with zero attached hydrogens (tertiary/aromatic N) is 1. The molecule has 0 aromatic heterocycles. The van der Waals surface area contributed by atoms with E-state index in [1.165, 1.54) is 5.01 Å². The molecule has 0 radical (unpaired) electrons. The molecule has 1 atom stereocenters. The van der Waals surface area contributed by atoms with Crippen molar-refractivity contribution in [2.24, 2.45) is 5.41 Å². The number of hydrogen-bond acceptors (Lipinski definition) is 3. The minimum Gasteiger partial charge on any atom is -0.267 e. The Labute approximate surface area is 191 Å². The fourth-order valence-corrected chi connectivity index (χ4v) is 4.02. The maximum absolute atomic E-state index is 13.7. The van der Waals surface area contributed by atoms with Gasteiger partial charge in [-0.1, -0.05) is 81.6 Å². The number of nitrogens with one attached hydrogen (secondary N) is 1. The van der Waals surface area contributed by atoms with Gasteiger partial charge in [0.2, 0.25) is 0 Å². The largest absolute Gasteiger partial charge is 0.275 e. The average molecular weight is 431 g/mol. The second-order valence-electron chi connectivity index (χ2n) is 9.72. The van der Waals surface area contributed by atoms with E-state index in [0.29, 0.717) is 11.1 Å². The normalized spacial score (nSPS) is 12.6. The molecule has 0 saturated heterocycles. The third-order valence-corrected chi connectivity index (χ3v) is 5.78. The summed E-state index contributed by atoms with van der Waals surface area (Å²) in [6, 6.07) is 19.1. The molecule has 0 unspecified atom stereocenters. The van der Waals surface area contributed by atoms with E-state index in [-0.39, 0.29) is 23.3 Å². The van der Waals surface area contributed by atoms with Crippen molar-refractivity contribution >= 4 is 22.6 Å². The quantitative estimate of drug-likeness (QED) is 0.361. The van der Waals surface area contributed by atoms with Crippen molar-refractivity contribution in [3.63, 3.8) is 0 Å². The van der Waals surface area contributed by atoms with Crippen LogP contribution < -0.4 is 5.43 Å². The third-order valence-electron chi connectivity index (χ3n) is 5.78. The Morgan fingerprint density at radius 2 is 1.44 bits per heavy atom. The molecule has 168 valence electrons. The van der Waals surface area contributed by atoms with E-state index >= 15 is 0 Å². The molecule has 4 heteroatoms. The van der Waals surface area contributed by atoms with E-state index in [9.17, 15) is 9.59 Å². The zero-order chi connectivity index (χ0) is 23.5. The van der Waals surface area contributed by atoms with Gasteiger partial charge in [0.25, 0.3) is 11.8 Å². The van der Waals surface area contributed by atoms with Crippen LogP contribution in [0.15, 0.2) is 60.7 Å². The fraction of sp³-hybridized carbons (Fsp3) is 0.357. The highest BCUT2D eigenvalue weighted by molar-refractivity contribution is 6.11. The van der Waals surface area contributed by atoms with E-state index in [4.69, 9.17) is 0 Å². The number of rotatable bonds is 6. The van der Waals surface area contributed by atoms with Crippen molar-refractivity contribution in [1.29, 1.82) is 0 Å². The summed E-state index contributed by atoms with van der Waals surface area (Å²) >= 11 is 0. The van der Waals surface area contributed by atoms with Crippen LogP contribution in [-0.2, 0) is 0 Å². The number of carbonyl (C=O) groups excluding carboxylic acids is 2. The lowest BCUT2D eigenvalue weighted by molar-refractivity contribution is 0.0425. The number of carbonyl (C=O) groups is 2. The average Bonchev–Trinajstić information content (AvgIpc) is 2.74. The Hall–Kier alpha value is -2.98. The molecule has 0 heterocycles. The Balaban J connectivity index is 2.05. The zero-order valence-electron chi connectivity index (χ0n) is 20.0. The Bertz CT molecular complexity index is 1110. The summed E-state index contributed by atoms with van der Waals surface area (Å²) in [6.45, 7) is 12.4. The summed E-state index contributed by atoms with van der Waals surface area (Å²) < 4.78 is 0. The lowest BCUT2D eigenvalue weighted by Crippen LogP contribution is -2.55. The molecule has 0 fully saturated rings. The van der Waals surface area contributed by atoms with E-state index in [1.54, 1.807) is 6.07 Å². The van der Waals surface area contributed by atoms with Gasteiger partial charge in [-0.25, -0.2) is 10.4 Å². The predicted octanol–water partition coefficient (Wildman–Crippen LogP) is 6.46. The maximum atomic E-state index is 13.7. The number of hydrazine groups is 1. The first-order chi connectivity index (χ1) is 15.1. The molecule has 0 aliphatic carbocycles. The summed E-state index contributed by atoms with van der Waals surface area (Å²) in [6.07, 6.45) is 1.80. The lowest BCUT2D eigenvalue weighted by Gasteiger charge is -2.35. The SMILES string of the molecule is CCC[C@@H](NN(C(=O)c1cc(C)cc(C)c1)C(=O)c1ccc2ccccc2c1)C(C)(C)C. The van der Waals surface area contributed by atoms with Crippen LogP contribution in [-0.4, -0.2) is 22.9 Å². The van der Waals surface area contributed by atoms with E-state index in [0.717, 1.165) is 34.7 Å². The van der Waals surface area contributed by atoms with Crippen LogP contribution in [0, 0.1) is 19.3 Å². The minimum atomic E-state index is -0.342. The molecule has 0 bridgehead atoms. The van der Waals surface area contributed by atoms with Crippen molar-refractivity contribution in [2.45, 2.75) is 60.4 Å². The summed E-state index contributed by atoms with van der Waals surface area (Å²) in [5.41, 5.74) is 6.17. The van der Waals surface area contributed by atoms with Gasteiger partial charge in [-0.15, -0.1) is 0 Å². The predicted molar refractivity (Wildman–Crippen MR) is 132 cm³/mol. The fourth-order valence-electron chi connectivity index (χ4n) is 4.02. The van der Waals surface area contributed by atoms with Crippen LogP contribution in [0.3, 0.4) is 0 Å². The molecule has 2 amide bonds. The van der Waals surface area contributed by atoms with Crippen LogP contribution in [0.25, 0.3) is 10.8 Å². The molecule has 0 saturated carbocycles. The highest BCUT2D eigenvalue weighted by Gasteiger charge is 2.32. The van der Waals surface area contributed by atoms with Gasteiger partial charge in [0.05, 0.1) is 0 Å². The van der Waals surface area contributed by atoms with Crippen molar-refractivity contribution in [1.82, 2.24) is 10.4 Å². The highest BCUT2D eigenvalue weighted by Crippen LogP contribution is 2.25. The zero-order valence-corrected chi connectivity index (χ0v) is 20.0. The number of benzene rings is 3. The number of fused-ring (bicyclic) bond motifs is 1. The Morgan fingerprint density at radius 3 is 2.03 bits per heavy atom. The molecule has 0 aliphatic heterocycles. The summed E-state index contributed by atoms with van der Waals surface area (Å²) in [5.74, 6) is -0.675. The van der Waals surface area contributed by atoms with Crippen LogP contribution >= 0.6 is 0 Å². The van der Waals surface area contributed by atoms with Crippen molar-refractivity contribution in [2.75, 3.05) is 0 Å². The monoisotopic (exact) mass is 430 g/mol. The van der Waals surface area contributed by atoms with Gasteiger partial charge in [0.1, 0.15) is 0 Å². The molecular formula is C28H34N2O2. The first-order valence-corrected chi connectivity index (χ1v) is 11.3. The van der Waals surface area contributed by atoms with Crippen molar-refractivity contribution in [3.8, 4) is 0 Å². The van der Waals surface area contributed by atoms with Gasteiger partial charge >= 0.3 is 0 Å². The smallest absolute Gasteiger partial charge is 0.267 e. The first kappa shape index (κ1) is 23.7. The summed E-state index contributed by atoms with van der Waals surface area (Å²) in [4.78, 5) is 27.3. The van der Waals surface area contributed by atoms with Crippen LogP contribution in [0.5, 0.6) is 0 Å². The molecule has 4 nitrogen and oxygen atoms in total. The highest BCUT2D eigenvalue weighted by atomic mass is 16.2. The Kier molecular flexibility index (Phi) is 7.15. The van der Waals surface area contributed by atoms with Gasteiger partial charge < -0.3 is 0 Å². The number of aryl methyl sites for hydroxylation is 2. The summed E-state index contributed by atoms with van der Waals surface area (Å²) in [7, 11) is 0. The second kappa shape index (κ2) is 9.66. The van der Waals surface area contributed by atoms with Gasteiger partial charge in [-0.2, -0.15) is 0 Å².